The first-order valence-electron chi connectivity index (χ1n) is 6.97. The zero-order chi connectivity index (χ0) is 15.1. The zero-order valence-corrected chi connectivity index (χ0v) is 14.1. The van der Waals surface area contributed by atoms with Crippen LogP contribution in [0.3, 0.4) is 0 Å². The SMILES string of the molecule is Cc1ccc(OC(CCPCl)Oc2ccc(C)cc2)cc1. The Labute approximate surface area is 133 Å². The second kappa shape index (κ2) is 8.26. The van der Waals surface area contributed by atoms with E-state index in [-0.39, 0.29) is 6.29 Å². The molecule has 2 nitrogen and oxygen atoms in total. The highest BCUT2D eigenvalue weighted by Gasteiger charge is 2.12. The van der Waals surface area contributed by atoms with Crippen molar-refractivity contribution in [3.05, 3.63) is 59.7 Å². The smallest absolute Gasteiger partial charge is 0.241 e. The molecule has 2 aromatic rings. The molecule has 0 aliphatic rings. The van der Waals surface area contributed by atoms with Crippen LogP contribution in [0.2, 0.25) is 0 Å². The van der Waals surface area contributed by atoms with Crippen LogP contribution in [0.4, 0.5) is 0 Å². The number of benzene rings is 2. The molecule has 2 aromatic carbocycles. The lowest BCUT2D eigenvalue weighted by atomic mass is 10.2. The fourth-order valence-corrected chi connectivity index (χ4v) is 2.52. The van der Waals surface area contributed by atoms with E-state index >= 15 is 0 Å². The minimum Gasteiger partial charge on any atom is -0.455 e. The van der Waals surface area contributed by atoms with Crippen molar-refractivity contribution in [2.24, 2.45) is 0 Å². The number of ether oxygens (including phenoxy) is 2. The maximum Gasteiger partial charge on any atom is 0.241 e. The predicted octanol–water partition coefficient (Wildman–Crippen LogP) is 5.31. The molecule has 0 heterocycles. The van der Waals surface area contributed by atoms with E-state index < -0.39 is 0 Å². The number of hydrogen-bond acceptors (Lipinski definition) is 2. The zero-order valence-electron chi connectivity index (χ0n) is 12.3. The molecular weight excluding hydrogens is 303 g/mol. The molecule has 0 aliphatic carbocycles. The molecule has 1 unspecified atom stereocenters. The van der Waals surface area contributed by atoms with E-state index in [1.807, 2.05) is 48.5 Å². The van der Waals surface area contributed by atoms with E-state index in [4.69, 9.17) is 20.7 Å². The molecular formula is C17H20ClO2P. The monoisotopic (exact) mass is 322 g/mol. The van der Waals surface area contributed by atoms with E-state index in [2.05, 4.69) is 13.8 Å². The second-order valence-electron chi connectivity index (χ2n) is 4.96. The Hall–Kier alpha value is -1.24. The van der Waals surface area contributed by atoms with Crippen molar-refractivity contribution >= 4 is 19.2 Å². The average molecular weight is 323 g/mol. The number of rotatable bonds is 7. The van der Waals surface area contributed by atoms with Gasteiger partial charge in [-0.1, -0.05) is 35.4 Å². The number of aryl methyl sites for hydroxylation is 2. The molecule has 0 saturated carbocycles. The van der Waals surface area contributed by atoms with Gasteiger partial charge in [0, 0.05) is 6.42 Å². The topological polar surface area (TPSA) is 18.5 Å². The summed E-state index contributed by atoms with van der Waals surface area (Å²) >= 11 is 5.81. The summed E-state index contributed by atoms with van der Waals surface area (Å²) in [5.41, 5.74) is 2.42. The van der Waals surface area contributed by atoms with E-state index in [0.29, 0.717) is 7.93 Å². The first-order chi connectivity index (χ1) is 10.2. The van der Waals surface area contributed by atoms with Crippen LogP contribution in [0.5, 0.6) is 11.5 Å². The summed E-state index contributed by atoms with van der Waals surface area (Å²) < 4.78 is 11.9. The lowest BCUT2D eigenvalue weighted by Crippen LogP contribution is -2.24. The van der Waals surface area contributed by atoms with Crippen molar-refractivity contribution in [1.29, 1.82) is 0 Å². The van der Waals surface area contributed by atoms with Crippen molar-refractivity contribution in [3.63, 3.8) is 0 Å². The van der Waals surface area contributed by atoms with Gasteiger partial charge in [-0.05, 0) is 52.2 Å². The van der Waals surface area contributed by atoms with Gasteiger partial charge in [0.05, 0.1) is 0 Å². The molecule has 112 valence electrons. The lowest BCUT2D eigenvalue weighted by Gasteiger charge is -2.20. The quantitative estimate of drug-likeness (QED) is 0.508. The predicted molar refractivity (Wildman–Crippen MR) is 91.1 cm³/mol. The normalized spacial score (nSPS) is 11.2. The van der Waals surface area contributed by atoms with Crippen LogP contribution in [0.25, 0.3) is 0 Å². The molecule has 0 aromatic heterocycles. The molecule has 0 bridgehead atoms. The highest BCUT2D eigenvalue weighted by atomic mass is 35.7. The Kier molecular flexibility index (Phi) is 6.35. The summed E-state index contributed by atoms with van der Waals surface area (Å²) in [6.07, 6.45) is 1.33. The molecule has 0 spiro atoms. The Morgan fingerprint density at radius 1 is 0.857 bits per heavy atom. The van der Waals surface area contributed by atoms with Gasteiger partial charge in [-0.3, -0.25) is 0 Å². The van der Waals surface area contributed by atoms with Crippen LogP contribution < -0.4 is 9.47 Å². The van der Waals surface area contributed by atoms with Gasteiger partial charge >= 0.3 is 0 Å². The standard InChI is InChI=1S/C17H20ClO2P/c1-13-3-7-15(8-4-13)19-17(11-12-21-18)20-16-9-5-14(2)6-10-16/h3-10,17,21H,11-12H2,1-2H3. The number of halogens is 1. The van der Waals surface area contributed by atoms with Crippen LogP contribution >= 0.6 is 19.2 Å². The molecule has 4 heteroatoms. The summed E-state index contributed by atoms with van der Waals surface area (Å²) in [5.74, 6) is 1.63. The molecule has 0 saturated heterocycles. The molecule has 21 heavy (non-hydrogen) atoms. The van der Waals surface area contributed by atoms with Crippen LogP contribution in [0.15, 0.2) is 48.5 Å². The first kappa shape index (κ1) is 16.1. The largest absolute Gasteiger partial charge is 0.455 e. The minimum atomic E-state index is -0.318. The van der Waals surface area contributed by atoms with Gasteiger partial charge in [-0.15, -0.1) is 11.2 Å². The van der Waals surface area contributed by atoms with Crippen LogP contribution in [0, 0.1) is 13.8 Å². The van der Waals surface area contributed by atoms with E-state index in [0.717, 1.165) is 24.1 Å². The minimum absolute atomic E-state index is 0.318. The fraction of sp³-hybridized carbons (Fsp3) is 0.294. The summed E-state index contributed by atoms with van der Waals surface area (Å²) in [5, 5.41) is 0. The summed E-state index contributed by atoms with van der Waals surface area (Å²) in [6.45, 7) is 4.11. The summed E-state index contributed by atoms with van der Waals surface area (Å²) in [7, 11) is 0.380. The third-order valence-corrected chi connectivity index (χ3v) is 4.10. The molecule has 0 radical (unpaired) electrons. The van der Waals surface area contributed by atoms with E-state index in [1.165, 1.54) is 11.1 Å². The number of hydrogen-bond donors (Lipinski definition) is 0. The van der Waals surface area contributed by atoms with Gasteiger partial charge in [0.1, 0.15) is 11.5 Å². The average Bonchev–Trinajstić information content (AvgIpc) is 2.49. The Morgan fingerprint density at radius 3 is 1.67 bits per heavy atom. The van der Waals surface area contributed by atoms with Gasteiger partial charge in [0.15, 0.2) is 0 Å². The van der Waals surface area contributed by atoms with Crippen LogP contribution in [-0.4, -0.2) is 12.5 Å². The third kappa shape index (κ3) is 5.57. The first-order valence-corrected chi connectivity index (χ1v) is 9.19. The van der Waals surface area contributed by atoms with Crippen LogP contribution in [0.1, 0.15) is 17.5 Å². The second-order valence-corrected chi connectivity index (χ2v) is 6.53. The third-order valence-electron chi connectivity index (χ3n) is 3.05. The Bertz CT molecular complexity index is 492. The summed E-state index contributed by atoms with van der Waals surface area (Å²) in [6, 6.07) is 16.0. The van der Waals surface area contributed by atoms with Gasteiger partial charge in [-0.2, -0.15) is 0 Å². The molecule has 1 atom stereocenters. The van der Waals surface area contributed by atoms with Crippen molar-refractivity contribution in [1.82, 2.24) is 0 Å². The summed E-state index contributed by atoms with van der Waals surface area (Å²) in [4.78, 5) is 0. The Balaban J connectivity index is 2.02. The maximum absolute atomic E-state index is 5.93. The van der Waals surface area contributed by atoms with Gasteiger partial charge in [0.2, 0.25) is 6.29 Å². The highest BCUT2D eigenvalue weighted by molar-refractivity contribution is 7.68. The van der Waals surface area contributed by atoms with Crippen molar-refractivity contribution < 1.29 is 9.47 Å². The van der Waals surface area contributed by atoms with E-state index in [9.17, 15) is 0 Å². The van der Waals surface area contributed by atoms with Crippen LogP contribution in [-0.2, 0) is 0 Å². The van der Waals surface area contributed by atoms with Crippen molar-refractivity contribution in [2.45, 2.75) is 26.6 Å². The van der Waals surface area contributed by atoms with Crippen molar-refractivity contribution in [2.75, 3.05) is 6.16 Å². The lowest BCUT2D eigenvalue weighted by molar-refractivity contribution is 0.00417. The molecule has 0 fully saturated rings. The Morgan fingerprint density at radius 2 is 1.29 bits per heavy atom. The molecule has 2 rings (SSSR count). The highest BCUT2D eigenvalue weighted by Crippen LogP contribution is 2.23. The van der Waals surface area contributed by atoms with Gasteiger partial charge in [-0.25, -0.2) is 0 Å². The molecule has 0 aliphatic heterocycles. The fourth-order valence-electron chi connectivity index (χ4n) is 1.85. The van der Waals surface area contributed by atoms with Gasteiger partial charge < -0.3 is 9.47 Å². The molecule has 0 amide bonds. The molecule has 0 N–H and O–H groups in total. The van der Waals surface area contributed by atoms with Crippen molar-refractivity contribution in [3.8, 4) is 11.5 Å². The maximum atomic E-state index is 5.93. The van der Waals surface area contributed by atoms with Gasteiger partial charge in [0.25, 0.3) is 0 Å². The van der Waals surface area contributed by atoms with E-state index in [1.54, 1.807) is 0 Å².